The van der Waals surface area contributed by atoms with E-state index in [0.717, 1.165) is 25.2 Å². The first-order chi connectivity index (χ1) is 15.0. The number of nitrogens with zero attached hydrogens (tertiary/aromatic N) is 4. The standard InChI is InChI=1S/C23H27FN4O2S/c1-17-7-12-31-21(17)14-27(13-18-3-5-19(24)6-4-18)15-22-25-20(16-30-22)23(29)28-10-8-26(2)9-11-28/h3-7,12,16H,8-11,13-15H2,1-2H3. The molecule has 0 unspecified atom stereocenters. The number of hydrogen-bond acceptors (Lipinski definition) is 6. The lowest BCUT2D eigenvalue weighted by molar-refractivity contribution is 0.0658. The molecule has 1 amide bonds. The molecule has 1 fully saturated rings. The van der Waals surface area contributed by atoms with Crippen LogP contribution in [0.4, 0.5) is 4.39 Å². The van der Waals surface area contributed by atoms with Gasteiger partial charge in [-0.1, -0.05) is 12.1 Å². The molecule has 2 aromatic heterocycles. The normalized spacial score (nSPS) is 15.0. The van der Waals surface area contributed by atoms with Gasteiger partial charge in [-0.2, -0.15) is 0 Å². The van der Waals surface area contributed by atoms with Crippen LogP contribution < -0.4 is 0 Å². The molecule has 0 aliphatic carbocycles. The van der Waals surface area contributed by atoms with Crippen molar-refractivity contribution in [3.63, 3.8) is 0 Å². The van der Waals surface area contributed by atoms with Crippen LogP contribution in [0, 0.1) is 12.7 Å². The number of carbonyl (C=O) groups excluding carboxylic acids is 1. The number of aryl methyl sites for hydroxylation is 1. The van der Waals surface area contributed by atoms with Crippen molar-refractivity contribution in [2.75, 3.05) is 33.2 Å². The molecule has 1 aromatic carbocycles. The van der Waals surface area contributed by atoms with Gasteiger partial charge in [0.2, 0.25) is 5.89 Å². The molecule has 0 atom stereocenters. The zero-order chi connectivity index (χ0) is 21.8. The number of rotatable bonds is 7. The highest BCUT2D eigenvalue weighted by atomic mass is 32.1. The van der Waals surface area contributed by atoms with Crippen LogP contribution in [0.2, 0.25) is 0 Å². The van der Waals surface area contributed by atoms with Gasteiger partial charge in [0.05, 0.1) is 6.54 Å². The first-order valence-corrected chi connectivity index (χ1v) is 11.3. The van der Waals surface area contributed by atoms with E-state index < -0.39 is 0 Å². The smallest absolute Gasteiger partial charge is 0.275 e. The maximum Gasteiger partial charge on any atom is 0.275 e. The summed E-state index contributed by atoms with van der Waals surface area (Å²) < 4.78 is 19.0. The number of piperazine rings is 1. The number of likely N-dealkylation sites (N-methyl/N-ethyl adjacent to an activating group) is 1. The second kappa shape index (κ2) is 9.72. The number of amides is 1. The second-order valence-corrected chi connectivity index (χ2v) is 9.02. The van der Waals surface area contributed by atoms with Crippen molar-refractivity contribution in [3.05, 3.63) is 75.4 Å². The summed E-state index contributed by atoms with van der Waals surface area (Å²) in [5.74, 6) is 0.181. The molecule has 1 aliphatic rings. The average Bonchev–Trinajstić information content (AvgIpc) is 3.39. The maximum atomic E-state index is 13.3. The Kier molecular flexibility index (Phi) is 6.80. The van der Waals surface area contributed by atoms with Gasteiger partial charge in [-0.15, -0.1) is 11.3 Å². The maximum absolute atomic E-state index is 13.3. The molecular weight excluding hydrogens is 415 g/mol. The first-order valence-electron chi connectivity index (χ1n) is 10.4. The zero-order valence-electron chi connectivity index (χ0n) is 17.9. The largest absolute Gasteiger partial charge is 0.447 e. The van der Waals surface area contributed by atoms with Crippen molar-refractivity contribution < 1.29 is 13.6 Å². The summed E-state index contributed by atoms with van der Waals surface area (Å²) in [6.07, 6.45) is 1.46. The predicted molar refractivity (Wildman–Crippen MR) is 118 cm³/mol. The number of benzene rings is 1. The molecule has 31 heavy (non-hydrogen) atoms. The van der Waals surface area contributed by atoms with E-state index in [2.05, 4.69) is 40.2 Å². The van der Waals surface area contributed by atoms with Gasteiger partial charge >= 0.3 is 0 Å². The molecule has 1 aliphatic heterocycles. The minimum atomic E-state index is -0.246. The van der Waals surface area contributed by atoms with Gasteiger partial charge in [0.25, 0.3) is 5.91 Å². The number of hydrogen-bond donors (Lipinski definition) is 0. The molecule has 3 aromatic rings. The van der Waals surface area contributed by atoms with E-state index in [-0.39, 0.29) is 11.7 Å². The predicted octanol–water partition coefficient (Wildman–Crippen LogP) is 3.77. The summed E-state index contributed by atoms with van der Waals surface area (Å²) in [6.45, 7) is 7.04. The zero-order valence-corrected chi connectivity index (χ0v) is 18.7. The fraction of sp³-hybridized carbons (Fsp3) is 0.391. The van der Waals surface area contributed by atoms with Crippen molar-refractivity contribution in [3.8, 4) is 0 Å². The number of halogens is 1. The lowest BCUT2D eigenvalue weighted by Gasteiger charge is -2.31. The van der Waals surface area contributed by atoms with Crippen LogP contribution >= 0.6 is 11.3 Å². The second-order valence-electron chi connectivity index (χ2n) is 8.02. The van der Waals surface area contributed by atoms with E-state index >= 15 is 0 Å². The van der Waals surface area contributed by atoms with E-state index in [1.54, 1.807) is 23.5 Å². The van der Waals surface area contributed by atoms with E-state index in [4.69, 9.17) is 4.42 Å². The van der Waals surface area contributed by atoms with Gasteiger partial charge in [0, 0.05) is 44.1 Å². The van der Waals surface area contributed by atoms with Crippen LogP contribution in [0.3, 0.4) is 0 Å². The minimum Gasteiger partial charge on any atom is -0.447 e. The Labute approximate surface area is 185 Å². The Morgan fingerprint density at radius 2 is 1.87 bits per heavy atom. The van der Waals surface area contributed by atoms with Crippen molar-refractivity contribution in [2.45, 2.75) is 26.6 Å². The molecule has 1 saturated heterocycles. The summed E-state index contributed by atoms with van der Waals surface area (Å²) >= 11 is 1.71. The van der Waals surface area contributed by atoms with Crippen molar-refractivity contribution in [2.24, 2.45) is 0 Å². The van der Waals surface area contributed by atoms with E-state index in [0.29, 0.717) is 37.8 Å². The van der Waals surface area contributed by atoms with Crippen LogP contribution in [0.1, 0.15) is 32.4 Å². The molecule has 164 valence electrons. The van der Waals surface area contributed by atoms with Crippen LogP contribution in [0.25, 0.3) is 0 Å². The van der Waals surface area contributed by atoms with E-state index in [9.17, 15) is 9.18 Å². The Morgan fingerprint density at radius 1 is 1.13 bits per heavy atom. The molecular formula is C23H27FN4O2S. The molecule has 6 nitrogen and oxygen atoms in total. The third-order valence-corrected chi connectivity index (χ3v) is 6.58. The summed E-state index contributed by atoms with van der Waals surface area (Å²) in [5, 5.41) is 2.08. The third kappa shape index (κ3) is 5.58. The molecule has 0 spiro atoms. The highest BCUT2D eigenvalue weighted by Gasteiger charge is 2.23. The van der Waals surface area contributed by atoms with Crippen LogP contribution in [-0.2, 0) is 19.6 Å². The minimum absolute atomic E-state index is 0.0812. The van der Waals surface area contributed by atoms with Gasteiger partial charge in [0.15, 0.2) is 5.69 Å². The fourth-order valence-electron chi connectivity index (χ4n) is 3.63. The Balaban J connectivity index is 1.46. The quantitative estimate of drug-likeness (QED) is 0.558. The third-order valence-electron chi connectivity index (χ3n) is 5.58. The Morgan fingerprint density at radius 3 is 2.55 bits per heavy atom. The van der Waals surface area contributed by atoms with Gasteiger partial charge in [-0.05, 0) is 48.7 Å². The molecule has 0 radical (unpaired) electrons. The first kappa shape index (κ1) is 21.7. The number of oxazole rings is 1. The summed E-state index contributed by atoms with van der Waals surface area (Å²) in [4.78, 5) is 24.7. The topological polar surface area (TPSA) is 52.8 Å². The SMILES string of the molecule is Cc1ccsc1CN(Cc1ccc(F)cc1)Cc1nc(C(=O)N2CCN(C)CC2)co1. The number of carbonyl (C=O) groups is 1. The number of thiophene rings is 1. The monoisotopic (exact) mass is 442 g/mol. The summed E-state index contributed by atoms with van der Waals surface area (Å²) in [7, 11) is 2.06. The Bertz CT molecular complexity index is 1010. The molecule has 3 heterocycles. The lowest BCUT2D eigenvalue weighted by Crippen LogP contribution is -2.47. The highest BCUT2D eigenvalue weighted by molar-refractivity contribution is 7.10. The highest BCUT2D eigenvalue weighted by Crippen LogP contribution is 2.21. The van der Waals surface area contributed by atoms with Crippen LogP contribution in [0.15, 0.2) is 46.4 Å². The van der Waals surface area contributed by atoms with Gasteiger partial charge in [-0.3, -0.25) is 9.69 Å². The lowest BCUT2D eigenvalue weighted by atomic mass is 10.2. The molecule has 8 heteroatoms. The van der Waals surface area contributed by atoms with Crippen molar-refractivity contribution >= 4 is 17.2 Å². The average molecular weight is 443 g/mol. The van der Waals surface area contributed by atoms with Crippen LogP contribution in [-0.4, -0.2) is 58.8 Å². The molecule has 4 rings (SSSR count). The van der Waals surface area contributed by atoms with Crippen molar-refractivity contribution in [1.82, 2.24) is 19.7 Å². The van der Waals surface area contributed by atoms with E-state index in [1.165, 1.54) is 28.8 Å². The molecule has 0 bridgehead atoms. The van der Waals surface area contributed by atoms with Gasteiger partial charge in [0.1, 0.15) is 12.1 Å². The van der Waals surface area contributed by atoms with Gasteiger partial charge < -0.3 is 14.2 Å². The molecule has 0 N–H and O–H groups in total. The fourth-order valence-corrected chi connectivity index (χ4v) is 4.58. The van der Waals surface area contributed by atoms with E-state index in [1.807, 2.05) is 4.90 Å². The van der Waals surface area contributed by atoms with Crippen molar-refractivity contribution in [1.29, 1.82) is 0 Å². The number of aromatic nitrogens is 1. The summed E-state index contributed by atoms with van der Waals surface area (Å²) in [6, 6.07) is 8.64. The van der Waals surface area contributed by atoms with Crippen LogP contribution in [0.5, 0.6) is 0 Å². The van der Waals surface area contributed by atoms with Gasteiger partial charge in [-0.25, -0.2) is 9.37 Å². The summed E-state index contributed by atoms with van der Waals surface area (Å²) in [5.41, 5.74) is 2.61. The molecule has 0 saturated carbocycles. The Hall–Kier alpha value is -2.55.